The molecule has 1 aromatic carbocycles. The van der Waals surface area contributed by atoms with E-state index < -0.39 is 17.9 Å². The number of aryl methyl sites for hydroxylation is 2. The van der Waals surface area contributed by atoms with Gasteiger partial charge >= 0.3 is 6.36 Å². The lowest BCUT2D eigenvalue weighted by Gasteiger charge is -2.28. The average Bonchev–Trinajstić information content (AvgIpc) is 3.60. The van der Waals surface area contributed by atoms with Gasteiger partial charge in [-0.25, -0.2) is 24.3 Å². The number of alkyl halides is 3. The fraction of sp³-hybridized carbons (Fsp3) is 0.423. The Kier molecular flexibility index (Phi) is 6.01. The van der Waals surface area contributed by atoms with Gasteiger partial charge in [-0.3, -0.25) is 4.68 Å². The van der Waals surface area contributed by atoms with Gasteiger partial charge in [0.15, 0.2) is 5.65 Å². The molecule has 2 atom stereocenters. The van der Waals surface area contributed by atoms with Crippen LogP contribution in [-0.4, -0.2) is 42.7 Å². The molecule has 12 heteroatoms. The first-order valence-corrected chi connectivity index (χ1v) is 12.4. The highest BCUT2D eigenvalue weighted by molar-refractivity contribution is 5.87. The van der Waals surface area contributed by atoms with Gasteiger partial charge in [-0.05, 0) is 51.7 Å². The first kappa shape index (κ1) is 24.7. The van der Waals surface area contributed by atoms with Crippen molar-refractivity contribution in [3.63, 3.8) is 0 Å². The van der Waals surface area contributed by atoms with Crippen LogP contribution in [0.25, 0.3) is 22.4 Å². The summed E-state index contributed by atoms with van der Waals surface area (Å²) >= 11 is 0. The highest BCUT2D eigenvalue weighted by Gasteiger charge is 2.33. The molecule has 1 saturated heterocycles. The molecule has 38 heavy (non-hydrogen) atoms. The van der Waals surface area contributed by atoms with E-state index in [0.29, 0.717) is 54.4 Å². The Morgan fingerprint density at radius 1 is 1.03 bits per heavy atom. The molecule has 0 bridgehead atoms. The van der Waals surface area contributed by atoms with Crippen LogP contribution >= 0.6 is 0 Å². The average molecular weight is 529 g/mol. The third-order valence-corrected chi connectivity index (χ3v) is 6.95. The fourth-order valence-electron chi connectivity index (χ4n) is 4.71. The Hall–Kier alpha value is -3.67. The van der Waals surface area contributed by atoms with Crippen LogP contribution in [0.4, 0.5) is 17.6 Å². The van der Waals surface area contributed by atoms with E-state index in [2.05, 4.69) is 19.8 Å². The maximum Gasteiger partial charge on any atom is 0.573 e. The molecule has 0 amide bonds. The number of fused-ring (bicyclic) bond motifs is 1. The molecule has 1 aliphatic heterocycles. The van der Waals surface area contributed by atoms with Crippen LogP contribution in [0.1, 0.15) is 66.5 Å². The van der Waals surface area contributed by atoms with Gasteiger partial charge in [-0.2, -0.15) is 5.10 Å². The predicted molar refractivity (Wildman–Crippen MR) is 128 cm³/mol. The van der Waals surface area contributed by atoms with Crippen LogP contribution in [0.2, 0.25) is 0 Å². The summed E-state index contributed by atoms with van der Waals surface area (Å²) < 4.78 is 65.0. The van der Waals surface area contributed by atoms with E-state index in [0.717, 1.165) is 24.5 Å². The summed E-state index contributed by atoms with van der Waals surface area (Å²) in [5, 5.41) is 4.47. The van der Waals surface area contributed by atoms with Gasteiger partial charge in [0.25, 0.3) is 0 Å². The van der Waals surface area contributed by atoms with Crippen molar-refractivity contribution in [2.24, 2.45) is 0 Å². The smallest absolute Gasteiger partial charge is 0.406 e. The molecular weight excluding hydrogens is 504 g/mol. The molecular formula is C26H24F4N6O2. The SMILES string of the molecule is Cc1nc2nc([C@@H]3CCO[C@@H](c4cnn(C5CC5)c4)C3)nc(-c3ccc(OC(F)(F)F)cc3F)c2nc1C. The lowest BCUT2D eigenvalue weighted by Crippen LogP contribution is -2.20. The molecule has 198 valence electrons. The van der Waals surface area contributed by atoms with Gasteiger partial charge in [0.1, 0.15) is 28.6 Å². The first-order chi connectivity index (χ1) is 18.1. The van der Waals surface area contributed by atoms with Gasteiger partial charge in [0.05, 0.1) is 29.7 Å². The summed E-state index contributed by atoms with van der Waals surface area (Å²) in [6.45, 7) is 4.05. The van der Waals surface area contributed by atoms with Crippen molar-refractivity contribution in [3.8, 4) is 17.0 Å². The van der Waals surface area contributed by atoms with Crippen LogP contribution < -0.4 is 4.74 Å². The maximum absolute atomic E-state index is 15.2. The van der Waals surface area contributed by atoms with E-state index in [1.165, 1.54) is 6.07 Å². The van der Waals surface area contributed by atoms with Crippen LogP contribution in [0.3, 0.4) is 0 Å². The maximum atomic E-state index is 15.2. The minimum Gasteiger partial charge on any atom is -0.406 e. The first-order valence-electron chi connectivity index (χ1n) is 12.4. The fourth-order valence-corrected chi connectivity index (χ4v) is 4.71. The molecule has 8 nitrogen and oxygen atoms in total. The summed E-state index contributed by atoms with van der Waals surface area (Å²) in [7, 11) is 0. The van der Waals surface area contributed by atoms with Crippen molar-refractivity contribution in [1.82, 2.24) is 29.7 Å². The van der Waals surface area contributed by atoms with E-state index in [1.54, 1.807) is 13.8 Å². The van der Waals surface area contributed by atoms with Crippen LogP contribution in [0.15, 0.2) is 30.6 Å². The highest BCUT2D eigenvalue weighted by atomic mass is 19.4. The summed E-state index contributed by atoms with van der Waals surface area (Å²) in [4.78, 5) is 18.5. The Morgan fingerprint density at radius 2 is 1.82 bits per heavy atom. The van der Waals surface area contributed by atoms with Crippen LogP contribution in [0, 0.1) is 19.7 Å². The van der Waals surface area contributed by atoms with Gasteiger partial charge in [-0.15, -0.1) is 13.2 Å². The minimum atomic E-state index is -4.93. The molecule has 6 rings (SSSR count). The Labute approximate surface area is 215 Å². The number of ether oxygens (including phenoxy) is 2. The Balaban J connectivity index is 1.39. The van der Waals surface area contributed by atoms with Crippen molar-refractivity contribution in [3.05, 3.63) is 59.2 Å². The number of hydrogen-bond donors (Lipinski definition) is 0. The quantitative estimate of drug-likeness (QED) is 0.298. The van der Waals surface area contributed by atoms with Crippen molar-refractivity contribution >= 4 is 11.2 Å². The minimum absolute atomic E-state index is 0.0138. The number of hydrogen-bond acceptors (Lipinski definition) is 7. The van der Waals surface area contributed by atoms with Gasteiger partial charge < -0.3 is 9.47 Å². The zero-order valence-electron chi connectivity index (χ0n) is 20.7. The number of rotatable bonds is 5. The zero-order valence-corrected chi connectivity index (χ0v) is 20.7. The number of benzene rings is 1. The van der Waals surface area contributed by atoms with E-state index in [-0.39, 0.29) is 28.8 Å². The van der Waals surface area contributed by atoms with Crippen molar-refractivity contribution in [1.29, 1.82) is 0 Å². The molecule has 0 spiro atoms. The topological polar surface area (TPSA) is 87.8 Å². The van der Waals surface area contributed by atoms with E-state index in [9.17, 15) is 13.2 Å². The molecule has 2 fully saturated rings. The third kappa shape index (κ3) is 4.92. The van der Waals surface area contributed by atoms with Gasteiger partial charge in [0.2, 0.25) is 0 Å². The molecule has 4 heterocycles. The lowest BCUT2D eigenvalue weighted by molar-refractivity contribution is -0.274. The second-order valence-corrected chi connectivity index (χ2v) is 9.75. The standard InChI is InChI=1S/C26H24F4N6O2/c1-13-14(2)33-25-23(32-13)22(19-6-5-18(10-20(19)27)38-26(28,29)30)34-24(35-25)15-7-8-37-21(9-15)16-11-31-36(12-16)17-3-4-17/h5-6,10-12,15,17,21H,3-4,7-9H2,1-2H3/t15-,21-/m1/s1. The second kappa shape index (κ2) is 9.26. The number of halogens is 4. The summed E-state index contributed by atoms with van der Waals surface area (Å²) in [5.41, 5.74) is 3.00. The molecule has 4 aromatic rings. The Morgan fingerprint density at radius 3 is 2.55 bits per heavy atom. The Bertz CT molecular complexity index is 1520. The molecule has 0 N–H and O–H groups in total. The van der Waals surface area contributed by atoms with E-state index >= 15 is 4.39 Å². The van der Waals surface area contributed by atoms with E-state index in [1.807, 2.05) is 17.1 Å². The summed E-state index contributed by atoms with van der Waals surface area (Å²) in [6, 6.07) is 3.41. The summed E-state index contributed by atoms with van der Waals surface area (Å²) in [6.07, 6.45) is 2.23. The van der Waals surface area contributed by atoms with Gasteiger partial charge in [0, 0.05) is 35.9 Å². The lowest BCUT2D eigenvalue weighted by atomic mass is 9.92. The van der Waals surface area contributed by atoms with Crippen molar-refractivity contribution < 1.29 is 27.0 Å². The second-order valence-electron chi connectivity index (χ2n) is 9.75. The monoisotopic (exact) mass is 528 g/mol. The molecule has 3 aromatic heterocycles. The third-order valence-electron chi connectivity index (χ3n) is 6.95. The number of aromatic nitrogens is 6. The molecule has 1 aliphatic carbocycles. The zero-order chi connectivity index (χ0) is 26.6. The van der Waals surface area contributed by atoms with Gasteiger partial charge in [-0.1, -0.05) is 0 Å². The highest BCUT2D eigenvalue weighted by Crippen LogP contribution is 2.40. The number of nitrogens with zero attached hydrogens (tertiary/aromatic N) is 6. The predicted octanol–water partition coefficient (Wildman–Crippen LogP) is 5.91. The van der Waals surface area contributed by atoms with Crippen LogP contribution in [-0.2, 0) is 4.74 Å². The van der Waals surface area contributed by atoms with Crippen molar-refractivity contribution in [2.75, 3.05) is 6.61 Å². The molecule has 0 unspecified atom stereocenters. The van der Waals surface area contributed by atoms with Crippen molar-refractivity contribution in [2.45, 2.75) is 64.0 Å². The summed E-state index contributed by atoms with van der Waals surface area (Å²) in [5.74, 6) is -1.23. The largest absolute Gasteiger partial charge is 0.573 e. The molecule has 1 saturated carbocycles. The van der Waals surface area contributed by atoms with Crippen LogP contribution in [0.5, 0.6) is 5.75 Å². The molecule has 0 radical (unpaired) electrons. The van der Waals surface area contributed by atoms with E-state index in [4.69, 9.17) is 14.7 Å². The molecule has 2 aliphatic rings. The normalized spacial score (nSPS) is 20.2.